The van der Waals surface area contributed by atoms with Crippen molar-refractivity contribution in [3.63, 3.8) is 0 Å². The van der Waals surface area contributed by atoms with Gasteiger partial charge >= 0.3 is 0 Å². The third kappa shape index (κ3) is 3.45. The number of nitrogens with one attached hydrogen (secondary N) is 1. The molecule has 0 heterocycles. The van der Waals surface area contributed by atoms with Gasteiger partial charge in [-0.25, -0.2) is 0 Å². The van der Waals surface area contributed by atoms with Crippen LogP contribution in [-0.4, -0.2) is 11.5 Å². The zero-order chi connectivity index (χ0) is 13.0. The molecule has 0 radical (unpaired) electrons. The predicted molar refractivity (Wildman–Crippen MR) is 75.9 cm³/mol. The molecule has 0 atom stereocenters. The minimum atomic E-state index is -0.345. The third-order valence-corrected chi connectivity index (χ3v) is 3.99. The maximum atomic E-state index is 10.9. The molecule has 1 aliphatic carbocycles. The number of hydrogen-bond acceptors (Lipinski definition) is 3. The van der Waals surface area contributed by atoms with Crippen LogP contribution < -0.4 is 5.32 Å². The minimum absolute atomic E-state index is 0.135. The minimum Gasteiger partial charge on any atom is -0.379 e. The number of nitrogens with zero attached hydrogens (tertiary/aromatic N) is 1. The smallest absolute Gasteiger partial charge is 0.293 e. The molecular formula is C13H17BrN2O2. The summed E-state index contributed by atoms with van der Waals surface area (Å²) in [5, 5.41) is 14.1. The number of halogens is 1. The molecule has 2 rings (SSSR count). The molecule has 0 saturated heterocycles. The fraction of sp³-hybridized carbons (Fsp3) is 0.538. The van der Waals surface area contributed by atoms with E-state index >= 15 is 0 Å². The lowest BCUT2D eigenvalue weighted by Crippen LogP contribution is -2.08. The highest BCUT2D eigenvalue weighted by Crippen LogP contribution is 2.30. The van der Waals surface area contributed by atoms with Crippen LogP contribution in [0.3, 0.4) is 0 Å². The lowest BCUT2D eigenvalue weighted by atomic mass is 10.0. The zero-order valence-electron chi connectivity index (χ0n) is 10.2. The molecule has 98 valence electrons. The van der Waals surface area contributed by atoms with Crippen molar-refractivity contribution in [2.45, 2.75) is 32.1 Å². The van der Waals surface area contributed by atoms with Crippen molar-refractivity contribution < 1.29 is 4.92 Å². The van der Waals surface area contributed by atoms with E-state index in [4.69, 9.17) is 0 Å². The average Bonchev–Trinajstić information content (AvgIpc) is 2.84. The Bertz CT molecular complexity index is 431. The second-order valence-electron chi connectivity index (χ2n) is 4.78. The molecule has 18 heavy (non-hydrogen) atoms. The summed E-state index contributed by atoms with van der Waals surface area (Å²) in [6.45, 7) is 0.813. The summed E-state index contributed by atoms with van der Waals surface area (Å²) < 4.78 is 0.732. The van der Waals surface area contributed by atoms with Gasteiger partial charge in [0.05, 0.1) is 4.92 Å². The van der Waals surface area contributed by atoms with Gasteiger partial charge in [-0.15, -0.1) is 0 Å². The molecule has 1 aromatic rings. The zero-order valence-corrected chi connectivity index (χ0v) is 11.8. The predicted octanol–water partition coefficient (Wildman–Crippen LogP) is 4.35. The van der Waals surface area contributed by atoms with Gasteiger partial charge in [-0.05, 0) is 24.5 Å². The Morgan fingerprint density at radius 3 is 2.78 bits per heavy atom. The Hall–Kier alpha value is -1.10. The summed E-state index contributed by atoms with van der Waals surface area (Å²) in [6, 6.07) is 5.12. The summed E-state index contributed by atoms with van der Waals surface area (Å²) in [4.78, 5) is 10.6. The van der Waals surface area contributed by atoms with Gasteiger partial charge in [0.15, 0.2) is 0 Å². The number of nitro groups is 1. The van der Waals surface area contributed by atoms with Crippen LogP contribution >= 0.6 is 15.9 Å². The largest absolute Gasteiger partial charge is 0.379 e. The number of anilines is 1. The van der Waals surface area contributed by atoms with Gasteiger partial charge < -0.3 is 5.32 Å². The van der Waals surface area contributed by atoms with Gasteiger partial charge in [-0.3, -0.25) is 10.1 Å². The first-order valence-corrected chi connectivity index (χ1v) is 7.14. The topological polar surface area (TPSA) is 55.2 Å². The summed E-state index contributed by atoms with van der Waals surface area (Å²) >= 11 is 3.25. The van der Waals surface area contributed by atoms with Gasteiger partial charge in [-0.1, -0.05) is 41.6 Å². The van der Waals surface area contributed by atoms with Crippen molar-refractivity contribution in [1.29, 1.82) is 0 Å². The summed E-state index contributed by atoms with van der Waals surface area (Å²) in [5.41, 5.74) is 0.747. The molecular weight excluding hydrogens is 296 g/mol. The average molecular weight is 313 g/mol. The van der Waals surface area contributed by atoms with Crippen LogP contribution in [0.2, 0.25) is 0 Å². The SMILES string of the molecule is O=[N+]([O-])c1cc(Br)ccc1NCCC1CCCC1. The molecule has 0 unspecified atom stereocenters. The second kappa shape index (κ2) is 6.18. The van der Waals surface area contributed by atoms with Crippen molar-refractivity contribution in [2.75, 3.05) is 11.9 Å². The highest BCUT2D eigenvalue weighted by Gasteiger charge is 2.16. The number of hydrogen-bond donors (Lipinski definition) is 1. The fourth-order valence-corrected chi connectivity index (χ4v) is 2.86. The van der Waals surface area contributed by atoms with Crippen molar-refractivity contribution in [1.82, 2.24) is 0 Å². The number of rotatable bonds is 5. The van der Waals surface area contributed by atoms with E-state index in [1.54, 1.807) is 6.07 Å². The second-order valence-corrected chi connectivity index (χ2v) is 5.70. The van der Waals surface area contributed by atoms with Crippen LogP contribution in [0.15, 0.2) is 22.7 Å². The maximum Gasteiger partial charge on any atom is 0.293 e. The Morgan fingerprint density at radius 2 is 2.11 bits per heavy atom. The monoisotopic (exact) mass is 312 g/mol. The Labute approximate surface area is 115 Å². The van der Waals surface area contributed by atoms with Crippen LogP contribution in [0.25, 0.3) is 0 Å². The summed E-state index contributed by atoms with van der Waals surface area (Å²) in [5.74, 6) is 0.798. The molecule has 5 heteroatoms. The third-order valence-electron chi connectivity index (χ3n) is 3.50. The number of nitro benzene ring substituents is 1. The van der Waals surface area contributed by atoms with E-state index in [-0.39, 0.29) is 10.6 Å². The van der Waals surface area contributed by atoms with E-state index in [0.29, 0.717) is 5.69 Å². The molecule has 0 aromatic heterocycles. The van der Waals surface area contributed by atoms with Gasteiger partial charge in [-0.2, -0.15) is 0 Å². The van der Waals surface area contributed by atoms with Crippen LogP contribution in [0, 0.1) is 16.0 Å². The summed E-state index contributed by atoms with van der Waals surface area (Å²) in [7, 11) is 0. The summed E-state index contributed by atoms with van der Waals surface area (Å²) in [6.07, 6.45) is 6.40. The Morgan fingerprint density at radius 1 is 1.39 bits per heavy atom. The first-order chi connectivity index (χ1) is 8.66. The molecule has 1 aromatic carbocycles. The number of benzene rings is 1. The molecule has 0 aliphatic heterocycles. The molecule has 1 aliphatic rings. The Kier molecular flexibility index (Phi) is 4.58. The molecule has 0 bridgehead atoms. The van der Waals surface area contributed by atoms with E-state index < -0.39 is 0 Å². The van der Waals surface area contributed by atoms with Crippen molar-refractivity contribution >= 4 is 27.3 Å². The van der Waals surface area contributed by atoms with E-state index in [9.17, 15) is 10.1 Å². The molecule has 0 spiro atoms. The molecule has 1 saturated carbocycles. The lowest BCUT2D eigenvalue weighted by Gasteiger charge is -2.11. The van der Waals surface area contributed by atoms with E-state index in [1.807, 2.05) is 6.07 Å². The van der Waals surface area contributed by atoms with Crippen LogP contribution in [0.5, 0.6) is 0 Å². The van der Waals surface area contributed by atoms with E-state index in [0.717, 1.165) is 23.4 Å². The molecule has 4 nitrogen and oxygen atoms in total. The highest BCUT2D eigenvalue weighted by molar-refractivity contribution is 9.10. The molecule has 1 N–H and O–H groups in total. The van der Waals surface area contributed by atoms with E-state index in [1.165, 1.54) is 31.7 Å². The maximum absolute atomic E-state index is 10.9. The fourth-order valence-electron chi connectivity index (χ4n) is 2.52. The van der Waals surface area contributed by atoms with Crippen molar-refractivity contribution in [2.24, 2.45) is 5.92 Å². The first-order valence-electron chi connectivity index (χ1n) is 6.34. The Balaban J connectivity index is 1.93. The quantitative estimate of drug-likeness (QED) is 0.649. The van der Waals surface area contributed by atoms with Crippen LogP contribution in [0.1, 0.15) is 32.1 Å². The van der Waals surface area contributed by atoms with Crippen molar-refractivity contribution in [3.8, 4) is 0 Å². The van der Waals surface area contributed by atoms with Crippen LogP contribution in [0.4, 0.5) is 11.4 Å². The van der Waals surface area contributed by atoms with Gasteiger partial charge in [0.2, 0.25) is 0 Å². The van der Waals surface area contributed by atoms with Crippen LogP contribution in [-0.2, 0) is 0 Å². The van der Waals surface area contributed by atoms with Crippen molar-refractivity contribution in [3.05, 3.63) is 32.8 Å². The molecule has 0 amide bonds. The first kappa shape index (κ1) is 13.3. The standard InChI is InChI=1S/C13H17BrN2O2/c14-11-5-6-12(13(9-11)16(17)18)15-8-7-10-3-1-2-4-10/h5-6,9-10,15H,1-4,7-8H2. The molecule has 1 fully saturated rings. The van der Waals surface area contributed by atoms with Gasteiger partial charge in [0.1, 0.15) is 5.69 Å². The van der Waals surface area contributed by atoms with Gasteiger partial charge in [0, 0.05) is 17.1 Å². The van der Waals surface area contributed by atoms with Gasteiger partial charge in [0.25, 0.3) is 5.69 Å². The highest BCUT2D eigenvalue weighted by atomic mass is 79.9. The lowest BCUT2D eigenvalue weighted by molar-refractivity contribution is -0.384. The normalized spacial score (nSPS) is 15.8. The van der Waals surface area contributed by atoms with E-state index in [2.05, 4.69) is 21.2 Å².